The Balaban J connectivity index is 1.43. The van der Waals surface area contributed by atoms with Crippen LogP contribution >= 0.6 is 0 Å². The zero-order valence-corrected chi connectivity index (χ0v) is 43.1. The van der Waals surface area contributed by atoms with E-state index in [1.54, 1.807) is 0 Å². The van der Waals surface area contributed by atoms with Gasteiger partial charge in [-0.15, -0.1) is 0 Å². The Morgan fingerprint density at radius 2 is 0.766 bits per heavy atom. The average molecular weight is 849 g/mol. The third kappa shape index (κ3) is 7.61. The Labute approximate surface area is 386 Å². The summed E-state index contributed by atoms with van der Waals surface area (Å²) in [5, 5.41) is 5.29. The first kappa shape index (κ1) is 45.5. The molecular formula is C62H76N2. The molecule has 6 aromatic carbocycles. The van der Waals surface area contributed by atoms with E-state index in [2.05, 4.69) is 245 Å². The molecular weight excluding hydrogens is 773 g/mol. The van der Waals surface area contributed by atoms with Crippen LogP contribution in [0.2, 0.25) is 0 Å². The van der Waals surface area contributed by atoms with Crippen LogP contribution in [0.1, 0.15) is 173 Å². The van der Waals surface area contributed by atoms with E-state index in [-0.39, 0.29) is 32.5 Å². The number of aryl methyl sites for hydroxylation is 2. The Kier molecular flexibility index (Phi) is 10.5. The highest BCUT2D eigenvalue weighted by atomic mass is 15.0. The summed E-state index contributed by atoms with van der Waals surface area (Å²) in [6.07, 6.45) is 0. The van der Waals surface area contributed by atoms with Crippen molar-refractivity contribution in [3.05, 3.63) is 153 Å². The minimum Gasteiger partial charge on any atom is -0.309 e. The van der Waals surface area contributed by atoms with E-state index in [0.717, 1.165) is 0 Å². The second kappa shape index (κ2) is 14.7. The smallest absolute Gasteiger partial charge is 0.0570 e. The van der Waals surface area contributed by atoms with Gasteiger partial charge in [-0.3, -0.25) is 0 Å². The molecule has 0 aliphatic rings. The normalized spacial score (nSPS) is 13.6. The lowest BCUT2D eigenvalue weighted by atomic mass is 9.72. The fourth-order valence-corrected chi connectivity index (χ4v) is 10.4. The third-order valence-corrected chi connectivity index (χ3v) is 14.6. The Morgan fingerprint density at radius 1 is 0.328 bits per heavy atom. The molecule has 2 heteroatoms. The second-order valence-electron chi connectivity index (χ2n) is 25.1. The van der Waals surface area contributed by atoms with Crippen molar-refractivity contribution in [3.63, 3.8) is 0 Å². The van der Waals surface area contributed by atoms with E-state index in [9.17, 15) is 0 Å². The lowest BCUT2D eigenvalue weighted by molar-refractivity contribution is 0.579. The van der Waals surface area contributed by atoms with Crippen molar-refractivity contribution in [2.45, 2.75) is 171 Å². The van der Waals surface area contributed by atoms with Gasteiger partial charge in [0.15, 0.2) is 0 Å². The summed E-state index contributed by atoms with van der Waals surface area (Å²) in [5.74, 6) is 0. The highest BCUT2D eigenvalue weighted by Crippen LogP contribution is 2.46. The van der Waals surface area contributed by atoms with Crippen molar-refractivity contribution in [2.75, 3.05) is 0 Å². The fraction of sp³-hybridized carbons (Fsp3) is 0.419. The van der Waals surface area contributed by atoms with Gasteiger partial charge in [0, 0.05) is 38.3 Å². The first-order chi connectivity index (χ1) is 29.4. The highest BCUT2D eigenvalue weighted by molar-refractivity contribution is 6.12. The maximum Gasteiger partial charge on any atom is 0.0570 e. The standard InChI is InChI=1S/C62H76N2/c1-37-30-46-47-31-41(58(7,8)9)23-27-52(47)63(45-25-21-40(22-26-45)57(4,5)6)55(46)36-50(37)62(19,20)51-34-44(61(16,17)18)35-54(39(51)3)64-53-28-24-42(59(10,11)12)32-48(53)49-33-43(60(13,14)15)29-38(2)56(49)64/h21-36H,1-20H3. The number of fused-ring (bicyclic) bond motifs is 6. The molecule has 8 aromatic rings. The molecule has 0 bridgehead atoms. The summed E-state index contributed by atoms with van der Waals surface area (Å²) in [6.45, 7) is 46.9. The average Bonchev–Trinajstić information content (AvgIpc) is 3.67. The van der Waals surface area contributed by atoms with Crippen LogP contribution in [-0.2, 0) is 32.5 Å². The molecule has 0 atom stereocenters. The number of hydrogen-bond donors (Lipinski definition) is 0. The van der Waals surface area contributed by atoms with Gasteiger partial charge in [-0.25, -0.2) is 0 Å². The molecule has 0 saturated heterocycles. The van der Waals surface area contributed by atoms with Crippen molar-refractivity contribution >= 4 is 43.6 Å². The van der Waals surface area contributed by atoms with Crippen molar-refractivity contribution in [2.24, 2.45) is 0 Å². The predicted molar refractivity (Wildman–Crippen MR) is 281 cm³/mol. The second-order valence-corrected chi connectivity index (χ2v) is 25.1. The molecule has 0 aliphatic carbocycles. The molecule has 0 spiro atoms. The SMILES string of the molecule is Cc1cc2c3cc(C(C)(C)C)ccc3n(-c3ccc(C(C)(C)C)cc3)c2cc1C(C)(C)c1cc(C(C)(C)C)cc(-n2c3ccc(C(C)(C)C)cc3c3cc(C(C)(C)C)cc(C)c32)c1C. The molecule has 0 radical (unpaired) electrons. The van der Waals surface area contributed by atoms with Gasteiger partial charge in [-0.05, 0) is 164 Å². The van der Waals surface area contributed by atoms with Gasteiger partial charge in [-0.2, -0.15) is 0 Å². The molecule has 0 amide bonds. The number of aromatic nitrogens is 2. The molecule has 2 aromatic heterocycles. The Hall–Kier alpha value is -5.08. The summed E-state index contributed by atoms with van der Waals surface area (Å²) in [7, 11) is 0. The zero-order chi connectivity index (χ0) is 47.0. The van der Waals surface area contributed by atoms with Gasteiger partial charge in [-0.1, -0.05) is 154 Å². The van der Waals surface area contributed by atoms with Crippen LogP contribution in [0, 0.1) is 20.8 Å². The molecule has 0 aliphatic heterocycles. The molecule has 0 N–H and O–H groups in total. The monoisotopic (exact) mass is 849 g/mol. The van der Waals surface area contributed by atoms with Crippen LogP contribution in [0.15, 0.2) is 97.1 Å². The van der Waals surface area contributed by atoms with E-state index in [4.69, 9.17) is 0 Å². The molecule has 2 heterocycles. The van der Waals surface area contributed by atoms with Crippen molar-refractivity contribution in [3.8, 4) is 11.4 Å². The molecule has 0 saturated carbocycles. The minimum atomic E-state index is -0.334. The van der Waals surface area contributed by atoms with Crippen LogP contribution in [0.25, 0.3) is 55.0 Å². The lowest BCUT2D eigenvalue weighted by Gasteiger charge is -2.33. The minimum absolute atomic E-state index is 0.0314. The zero-order valence-electron chi connectivity index (χ0n) is 43.1. The molecule has 334 valence electrons. The summed E-state index contributed by atoms with van der Waals surface area (Å²) in [5.41, 5.74) is 20.8. The molecule has 0 unspecified atom stereocenters. The van der Waals surface area contributed by atoms with Crippen LogP contribution < -0.4 is 0 Å². The van der Waals surface area contributed by atoms with Crippen LogP contribution in [0.4, 0.5) is 0 Å². The fourth-order valence-electron chi connectivity index (χ4n) is 10.4. The summed E-state index contributed by atoms with van der Waals surface area (Å²) in [4.78, 5) is 0. The van der Waals surface area contributed by atoms with E-state index in [1.807, 2.05) is 0 Å². The molecule has 2 nitrogen and oxygen atoms in total. The van der Waals surface area contributed by atoms with Crippen LogP contribution in [0.5, 0.6) is 0 Å². The number of rotatable bonds is 4. The maximum atomic E-state index is 2.62. The number of benzene rings is 6. The van der Waals surface area contributed by atoms with Crippen molar-refractivity contribution in [1.29, 1.82) is 0 Å². The third-order valence-electron chi connectivity index (χ3n) is 14.6. The Bertz CT molecular complexity index is 3140. The molecule has 64 heavy (non-hydrogen) atoms. The highest BCUT2D eigenvalue weighted by Gasteiger charge is 2.33. The van der Waals surface area contributed by atoms with E-state index in [0.29, 0.717) is 0 Å². The first-order valence-corrected chi connectivity index (χ1v) is 23.9. The summed E-state index contributed by atoms with van der Waals surface area (Å²) in [6, 6.07) is 38.7. The van der Waals surface area contributed by atoms with Gasteiger partial charge >= 0.3 is 0 Å². The largest absolute Gasteiger partial charge is 0.309 e. The number of nitrogens with zero attached hydrogens (tertiary/aromatic N) is 2. The topological polar surface area (TPSA) is 9.86 Å². The van der Waals surface area contributed by atoms with Gasteiger partial charge in [0.2, 0.25) is 0 Å². The maximum absolute atomic E-state index is 2.62. The van der Waals surface area contributed by atoms with Gasteiger partial charge < -0.3 is 9.13 Å². The van der Waals surface area contributed by atoms with Gasteiger partial charge in [0.05, 0.1) is 22.1 Å². The van der Waals surface area contributed by atoms with Crippen LogP contribution in [0.3, 0.4) is 0 Å². The summed E-state index contributed by atoms with van der Waals surface area (Å²) < 4.78 is 5.13. The number of hydrogen-bond acceptors (Lipinski definition) is 0. The van der Waals surface area contributed by atoms with Gasteiger partial charge in [0.1, 0.15) is 0 Å². The lowest BCUT2D eigenvalue weighted by Crippen LogP contribution is -2.24. The molecule has 8 rings (SSSR count). The van der Waals surface area contributed by atoms with Crippen LogP contribution in [-0.4, -0.2) is 9.13 Å². The van der Waals surface area contributed by atoms with Gasteiger partial charge in [0.25, 0.3) is 0 Å². The first-order valence-electron chi connectivity index (χ1n) is 23.9. The Morgan fingerprint density at radius 3 is 1.28 bits per heavy atom. The van der Waals surface area contributed by atoms with Crippen molar-refractivity contribution in [1.82, 2.24) is 9.13 Å². The predicted octanol–water partition coefficient (Wildman–Crippen LogP) is 17.6. The quantitative estimate of drug-likeness (QED) is 0.167. The van der Waals surface area contributed by atoms with Crippen molar-refractivity contribution < 1.29 is 0 Å². The van der Waals surface area contributed by atoms with E-state index in [1.165, 1.54) is 111 Å². The van der Waals surface area contributed by atoms with E-state index >= 15 is 0 Å². The molecule has 0 fully saturated rings. The van der Waals surface area contributed by atoms with E-state index < -0.39 is 0 Å². The summed E-state index contributed by atoms with van der Waals surface area (Å²) >= 11 is 0.